The fraction of sp³-hybridized carbons (Fsp3) is 0.650. The predicted molar refractivity (Wildman–Crippen MR) is 105 cm³/mol. The molecule has 0 aromatic heterocycles. The first-order chi connectivity index (χ1) is 15.7. The number of aliphatic hydroxyl groups is 7. The largest absolute Gasteiger partial charge is 0.465 e. The van der Waals surface area contributed by atoms with E-state index in [0.29, 0.717) is 0 Å². The van der Waals surface area contributed by atoms with Crippen molar-refractivity contribution in [3.05, 3.63) is 29.8 Å². The van der Waals surface area contributed by atoms with Gasteiger partial charge in [0.15, 0.2) is 6.29 Å². The number of esters is 1. The summed E-state index contributed by atoms with van der Waals surface area (Å²) in [6.07, 6.45) is -15.8. The van der Waals surface area contributed by atoms with Crippen molar-refractivity contribution >= 4 is 5.97 Å². The second kappa shape index (κ2) is 11.0. The predicted octanol–water partition coefficient (Wildman–Crippen LogP) is -3.52. The number of para-hydroxylation sites is 1. The van der Waals surface area contributed by atoms with E-state index in [1.165, 1.54) is 19.2 Å². The van der Waals surface area contributed by atoms with Crippen molar-refractivity contribution in [2.75, 3.05) is 20.3 Å². The molecule has 0 unspecified atom stereocenters. The monoisotopic (exact) mass is 476 g/mol. The Balaban J connectivity index is 1.75. The highest BCUT2D eigenvalue weighted by atomic mass is 16.7. The maximum absolute atomic E-state index is 11.9. The van der Waals surface area contributed by atoms with Gasteiger partial charge < -0.3 is 59.4 Å². The van der Waals surface area contributed by atoms with Crippen LogP contribution in [0.25, 0.3) is 0 Å². The molecule has 2 aliphatic rings. The van der Waals surface area contributed by atoms with Crippen LogP contribution in [0, 0.1) is 0 Å². The van der Waals surface area contributed by atoms with Crippen molar-refractivity contribution in [3.63, 3.8) is 0 Å². The third-order valence-corrected chi connectivity index (χ3v) is 5.50. The van der Waals surface area contributed by atoms with E-state index in [1.54, 1.807) is 12.1 Å². The van der Waals surface area contributed by atoms with E-state index in [0.717, 1.165) is 0 Å². The third-order valence-electron chi connectivity index (χ3n) is 5.50. The first-order valence-electron chi connectivity index (χ1n) is 10.2. The zero-order chi connectivity index (χ0) is 24.3. The van der Waals surface area contributed by atoms with Gasteiger partial charge in [-0.15, -0.1) is 0 Å². The summed E-state index contributed by atoms with van der Waals surface area (Å²) in [6, 6.07) is 5.95. The summed E-state index contributed by atoms with van der Waals surface area (Å²) in [5.41, 5.74) is 0.0329. The Bertz CT molecular complexity index is 787. The molecule has 0 saturated carbocycles. The van der Waals surface area contributed by atoms with Crippen LogP contribution in [0.1, 0.15) is 10.4 Å². The Labute approximate surface area is 188 Å². The summed E-state index contributed by atoms with van der Waals surface area (Å²) in [6.45, 7) is -1.42. The molecule has 3 rings (SSSR count). The molecule has 10 atom stereocenters. The Morgan fingerprint density at radius 2 is 1.45 bits per heavy atom. The van der Waals surface area contributed by atoms with Crippen LogP contribution in [-0.2, 0) is 18.9 Å². The number of carbonyl (C=O) groups is 1. The molecule has 2 heterocycles. The van der Waals surface area contributed by atoms with Crippen molar-refractivity contribution in [1.29, 1.82) is 0 Å². The normalized spacial score (nSPS) is 39.2. The molecule has 0 amide bonds. The van der Waals surface area contributed by atoms with Gasteiger partial charge in [-0.1, -0.05) is 12.1 Å². The molecule has 0 radical (unpaired) electrons. The van der Waals surface area contributed by atoms with Crippen molar-refractivity contribution in [1.82, 2.24) is 0 Å². The molecule has 0 bridgehead atoms. The number of carbonyl (C=O) groups excluding carboxylic acids is 1. The highest BCUT2D eigenvalue weighted by Crippen LogP contribution is 2.31. The zero-order valence-corrected chi connectivity index (χ0v) is 17.6. The van der Waals surface area contributed by atoms with Crippen molar-refractivity contribution in [3.8, 4) is 5.75 Å². The number of hydrogen-bond donors (Lipinski definition) is 7. The van der Waals surface area contributed by atoms with Crippen molar-refractivity contribution in [2.45, 2.75) is 61.4 Å². The third kappa shape index (κ3) is 5.27. The van der Waals surface area contributed by atoms with Gasteiger partial charge in [-0.3, -0.25) is 0 Å². The Kier molecular flexibility index (Phi) is 8.58. The second-order valence-electron chi connectivity index (χ2n) is 7.61. The molecule has 1 aromatic rings. The molecular formula is C20H28O13. The molecule has 0 aliphatic carbocycles. The number of benzene rings is 1. The standard InChI is InChI=1S/C20H28O13/c1-29-18(28)8-4-2-3-5-9(8)30-19-16(27)14(25)17(11(7-22)32-19)33-20-15(26)13(24)12(23)10(6-21)31-20/h2-5,10-17,19-27H,6-7H2,1H3/t10-,11-,12-,13+,14-,15-,16-,17-,19-,20+/m1/s1. The minimum absolute atomic E-state index is 0.00871. The molecule has 7 N–H and O–H groups in total. The van der Waals surface area contributed by atoms with E-state index in [1.807, 2.05) is 0 Å². The summed E-state index contributed by atoms with van der Waals surface area (Å²) in [5.74, 6) is -0.718. The Morgan fingerprint density at radius 3 is 2.09 bits per heavy atom. The van der Waals surface area contributed by atoms with Crippen LogP contribution >= 0.6 is 0 Å². The van der Waals surface area contributed by atoms with Gasteiger partial charge in [0.05, 0.1) is 20.3 Å². The van der Waals surface area contributed by atoms with E-state index < -0.39 is 80.6 Å². The average molecular weight is 476 g/mol. The summed E-state index contributed by atoms with van der Waals surface area (Å²) in [4.78, 5) is 11.9. The average Bonchev–Trinajstić information content (AvgIpc) is 2.83. The van der Waals surface area contributed by atoms with E-state index in [2.05, 4.69) is 4.74 Å². The second-order valence-corrected chi connectivity index (χ2v) is 7.61. The molecule has 33 heavy (non-hydrogen) atoms. The van der Waals surface area contributed by atoms with Crippen LogP contribution in [0.2, 0.25) is 0 Å². The lowest BCUT2D eigenvalue weighted by molar-refractivity contribution is -0.352. The smallest absolute Gasteiger partial charge is 0.341 e. The number of rotatable bonds is 7. The van der Waals surface area contributed by atoms with Gasteiger partial charge in [-0.25, -0.2) is 4.79 Å². The van der Waals surface area contributed by atoms with Crippen LogP contribution < -0.4 is 4.74 Å². The van der Waals surface area contributed by atoms with Gasteiger partial charge in [0, 0.05) is 0 Å². The van der Waals surface area contributed by atoms with E-state index in [-0.39, 0.29) is 11.3 Å². The van der Waals surface area contributed by atoms with Gasteiger partial charge in [0.25, 0.3) is 0 Å². The van der Waals surface area contributed by atoms with Gasteiger partial charge >= 0.3 is 5.97 Å². The summed E-state index contributed by atoms with van der Waals surface area (Å²) in [5, 5.41) is 70.2. The molecule has 2 aliphatic heterocycles. The van der Waals surface area contributed by atoms with Gasteiger partial charge in [0.2, 0.25) is 6.29 Å². The van der Waals surface area contributed by atoms with Gasteiger partial charge in [-0.05, 0) is 12.1 Å². The molecule has 1 aromatic carbocycles. The molecule has 2 saturated heterocycles. The summed E-state index contributed by atoms with van der Waals surface area (Å²) in [7, 11) is 1.18. The minimum Gasteiger partial charge on any atom is -0.465 e. The van der Waals surface area contributed by atoms with Gasteiger partial charge in [-0.2, -0.15) is 0 Å². The number of ether oxygens (including phenoxy) is 5. The van der Waals surface area contributed by atoms with Crippen LogP contribution in [0.15, 0.2) is 24.3 Å². The maximum Gasteiger partial charge on any atom is 0.341 e. The molecule has 186 valence electrons. The van der Waals surface area contributed by atoms with Crippen LogP contribution in [0.5, 0.6) is 5.75 Å². The van der Waals surface area contributed by atoms with E-state index in [9.17, 15) is 40.5 Å². The van der Waals surface area contributed by atoms with Crippen LogP contribution in [0.3, 0.4) is 0 Å². The van der Waals surface area contributed by atoms with Crippen LogP contribution in [-0.4, -0.2) is 123 Å². The molecule has 13 nitrogen and oxygen atoms in total. The van der Waals surface area contributed by atoms with Crippen molar-refractivity contribution < 1.29 is 64.2 Å². The Morgan fingerprint density at radius 1 is 0.848 bits per heavy atom. The lowest BCUT2D eigenvalue weighted by Gasteiger charge is -2.45. The summed E-state index contributed by atoms with van der Waals surface area (Å²) >= 11 is 0. The van der Waals surface area contributed by atoms with Crippen molar-refractivity contribution in [2.24, 2.45) is 0 Å². The molecular weight excluding hydrogens is 448 g/mol. The van der Waals surface area contributed by atoms with E-state index >= 15 is 0 Å². The highest BCUT2D eigenvalue weighted by Gasteiger charge is 2.51. The fourth-order valence-electron chi connectivity index (χ4n) is 3.63. The van der Waals surface area contributed by atoms with Crippen LogP contribution in [0.4, 0.5) is 0 Å². The first-order valence-corrected chi connectivity index (χ1v) is 10.2. The zero-order valence-electron chi connectivity index (χ0n) is 17.6. The maximum atomic E-state index is 11.9. The summed E-state index contributed by atoms with van der Waals surface area (Å²) < 4.78 is 26.5. The Hall–Kier alpha value is -1.91. The molecule has 13 heteroatoms. The van der Waals surface area contributed by atoms with E-state index in [4.69, 9.17) is 18.9 Å². The topological polar surface area (TPSA) is 205 Å². The lowest BCUT2D eigenvalue weighted by Crippen LogP contribution is -2.65. The quantitative estimate of drug-likeness (QED) is 0.191. The van der Waals surface area contributed by atoms with Gasteiger partial charge in [0.1, 0.15) is 60.1 Å². The first kappa shape index (κ1) is 25.7. The molecule has 0 spiro atoms. The number of methoxy groups -OCH3 is 1. The highest BCUT2D eigenvalue weighted by molar-refractivity contribution is 5.92. The number of hydrogen-bond acceptors (Lipinski definition) is 13. The number of aliphatic hydroxyl groups excluding tert-OH is 7. The SMILES string of the molecule is COC(=O)c1ccccc1O[C@@H]1O[C@H](CO)[C@@H](O[C@@H]2O[C@H](CO)[C@@H](O)[C@H](O)[C@H]2O)[C@H](O)[C@H]1O. The molecule has 2 fully saturated rings. The fourth-order valence-corrected chi connectivity index (χ4v) is 3.63. The lowest BCUT2D eigenvalue weighted by atomic mass is 9.97. The minimum atomic E-state index is -1.77.